The number of rotatable bonds is 3. The predicted octanol–water partition coefficient (Wildman–Crippen LogP) is 2.50. The molecule has 1 aromatic heterocycles. The van der Waals surface area contributed by atoms with E-state index in [1.165, 1.54) is 17.7 Å². The summed E-state index contributed by atoms with van der Waals surface area (Å²) in [5.74, 6) is 0.782. The maximum atomic E-state index is 5.96. The molecule has 0 aliphatic carbocycles. The van der Waals surface area contributed by atoms with Crippen molar-refractivity contribution >= 4 is 17.2 Å². The first kappa shape index (κ1) is 13.0. The highest BCUT2D eigenvalue weighted by Gasteiger charge is 2.15. The zero-order valence-corrected chi connectivity index (χ0v) is 12.2. The van der Waals surface area contributed by atoms with Gasteiger partial charge in [-0.3, -0.25) is 0 Å². The van der Waals surface area contributed by atoms with Crippen LogP contribution in [-0.2, 0) is 0 Å². The number of fused-ring (bicyclic) bond motifs is 1. The van der Waals surface area contributed by atoms with Crippen molar-refractivity contribution in [3.05, 3.63) is 54.1 Å². The van der Waals surface area contributed by atoms with E-state index in [0.717, 1.165) is 35.4 Å². The Labute approximate surface area is 128 Å². The molecule has 110 valence electrons. The number of hydrogen-bond donors (Lipinski definition) is 0. The maximum Gasteiger partial charge on any atom is 0.174 e. The average molecular weight is 293 g/mol. The minimum absolute atomic E-state index is 0.782. The van der Waals surface area contributed by atoms with Crippen LogP contribution in [0.25, 0.3) is 11.0 Å². The number of hydrogen-bond acceptors (Lipinski definition) is 3. The van der Waals surface area contributed by atoms with Gasteiger partial charge in [0.05, 0.1) is 5.56 Å². The summed E-state index contributed by atoms with van der Waals surface area (Å²) < 4.78 is 2.33. The Hall–Kier alpha value is -2.69. The standard InChI is InChI=1S/C17H17N4O/c1-4-10-17(14(7-1)13-20-11-5-6-12-20)22-21-16-9-3-2-8-15(16)18-19-21/h1-4,7-10,13H,5-6,11-12H2/q+1. The Morgan fingerprint density at radius 1 is 1.00 bits per heavy atom. The van der Waals surface area contributed by atoms with Gasteiger partial charge in [0.1, 0.15) is 24.1 Å². The monoisotopic (exact) mass is 293 g/mol. The van der Waals surface area contributed by atoms with Crippen LogP contribution in [0, 0.1) is 0 Å². The van der Waals surface area contributed by atoms with Crippen LogP contribution in [0.2, 0.25) is 0 Å². The van der Waals surface area contributed by atoms with Crippen molar-refractivity contribution < 1.29 is 9.41 Å². The van der Waals surface area contributed by atoms with Crippen molar-refractivity contribution in [2.24, 2.45) is 0 Å². The Bertz CT molecular complexity index is 829. The molecule has 3 aromatic rings. The predicted molar refractivity (Wildman–Crippen MR) is 84.4 cm³/mol. The van der Waals surface area contributed by atoms with E-state index in [9.17, 15) is 0 Å². The zero-order valence-electron chi connectivity index (χ0n) is 12.2. The second-order valence-corrected chi connectivity index (χ2v) is 5.45. The first-order valence-electron chi connectivity index (χ1n) is 7.57. The van der Waals surface area contributed by atoms with Gasteiger partial charge in [-0.25, -0.2) is 4.58 Å². The van der Waals surface area contributed by atoms with E-state index < -0.39 is 0 Å². The van der Waals surface area contributed by atoms with Crippen LogP contribution in [-0.4, -0.2) is 39.0 Å². The van der Waals surface area contributed by atoms with Crippen LogP contribution in [0.15, 0.2) is 48.5 Å². The van der Waals surface area contributed by atoms with E-state index >= 15 is 0 Å². The molecule has 0 amide bonds. The van der Waals surface area contributed by atoms with Crippen molar-refractivity contribution in [3.8, 4) is 5.75 Å². The van der Waals surface area contributed by atoms with Crippen LogP contribution in [0.5, 0.6) is 5.75 Å². The van der Waals surface area contributed by atoms with Gasteiger partial charge < -0.3 is 4.84 Å². The third-order valence-electron chi connectivity index (χ3n) is 3.89. The number of nitrogens with zero attached hydrogens (tertiary/aromatic N) is 4. The molecular formula is C17H17N4O+. The summed E-state index contributed by atoms with van der Waals surface area (Å²) in [5.41, 5.74) is 2.74. The van der Waals surface area contributed by atoms with Crippen LogP contribution < -0.4 is 4.84 Å². The molecule has 1 aliphatic heterocycles. The van der Waals surface area contributed by atoms with Gasteiger partial charge in [-0.2, -0.15) is 0 Å². The summed E-state index contributed by atoms with van der Waals surface area (Å²) in [6, 6.07) is 15.8. The maximum absolute atomic E-state index is 5.96. The van der Waals surface area contributed by atoms with Crippen LogP contribution in [0.3, 0.4) is 0 Å². The fourth-order valence-electron chi connectivity index (χ4n) is 2.75. The van der Waals surface area contributed by atoms with Gasteiger partial charge in [0.25, 0.3) is 0 Å². The molecule has 0 bridgehead atoms. The summed E-state index contributed by atoms with van der Waals surface area (Å²) in [6.45, 7) is 2.22. The Kier molecular flexibility index (Phi) is 3.31. The SMILES string of the molecule is C(c1ccccc1On1nnc2ccccc21)=[N+]1CCCC1. The van der Waals surface area contributed by atoms with Crippen molar-refractivity contribution in [1.82, 2.24) is 15.2 Å². The fourth-order valence-corrected chi connectivity index (χ4v) is 2.75. The van der Waals surface area contributed by atoms with Crippen molar-refractivity contribution in [3.63, 3.8) is 0 Å². The van der Waals surface area contributed by atoms with E-state index in [2.05, 4.69) is 27.2 Å². The molecule has 4 rings (SSSR count). The summed E-state index contributed by atoms with van der Waals surface area (Å²) in [4.78, 5) is 7.44. The lowest BCUT2D eigenvalue weighted by atomic mass is 10.2. The normalized spacial score (nSPS) is 14.5. The van der Waals surface area contributed by atoms with Gasteiger partial charge in [0, 0.05) is 12.8 Å². The van der Waals surface area contributed by atoms with Gasteiger partial charge in [-0.05, 0) is 29.5 Å². The molecule has 22 heavy (non-hydrogen) atoms. The quantitative estimate of drug-likeness (QED) is 0.697. The van der Waals surface area contributed by atoms with Crippen LogP contribution in [0.1, 0.15) is 18.4 Å². The molecule has 1 fully saturated rings. The van der Waals surface area contributed by atoms with E-state index in [0.29, 0.717) is 0 Å². The Balaban J connectivity index is 1.69. The minimum atomic E-state index is 0.782. The zero-order chi connectivity index (χ0) is 14.8. The molecule has 0 N–H and O–H groups in total. The summed E-state index contributed by atoms with van der Waals surface area (Å²) in [6.07, 6.45) is 4.68. The molecule has 0 radical (unpaired) electrons. The minimum Gasteiger partial charge on any atom is -0.355 e. The van der Waals surface area contributed by atoms with E-state index in [1.54, 1.807) is 0 Å². The molecule has 0 unspecified atom stereocenters. The van der Waals surface area contributed by atoms with Crippen molar-refractivity contribution in [2.45, 2.75) is 12.8 Å². The second kappa shape index (κ2) is 5.60. The van der Waals surface area contributed by atoms with Gasteiger partial charge in [0.2, 0.25) is 0 Å². The number of aromatic nitrogens is 3. The van der Waals surface area contributed by atoms with Crippen molar-refractivity contribution in [1.29, 1.82) is 0 Å². The largest absolute Gasteiger partial charge is 0.355 e. The van der Waals surface area contributed by atoms with Gasteiger partial charge in [0.15, 0.2) is 12.0 Å². The average Bonchev–Trinajstić information content (AvgIpc) is 3.20. The molecule has 0 saturated carbocycles. The van der Waals surface area contributed by atoms with Gasteiger partial charge in [-0.15, -0.1) is 5.10 Å². The molecule has 5 nitrogen and oxygen atoms in total. The third kappa shape index (κ3) is 2.45. The lowest BCUT2D eigenvalue weighted by molar-refractivity contribution is -0.500. The first-order valence-corrected chi connectivity index (χ1v) is 7.57. The highest BCUT2D eigenvalue weighted by molar-refractivity contribution is 5.80. The Morgan fingerprint density at radius 3 is 2.68 bits per heavy atom. The molecule has 2 aromatic carbocycles. The summed E-state index contributed by atoms with van der Waals surface area (Å²) in [7, 11) is 0. The summed E-state index contributed by atoms with van der Waals surface area (Å²) in [5, 5.41) is 8.20. The van der Waals surface area contributed by atoms with Gasteiger partial charge >= 0.3 is 0 Å². The van der Waals surface area contributed by atoms with Crippen molar-refractivity contribution in [2.75, 3.05) is 13.1 Å². The molecule has 1 saturated heterocycles. The molecular weight excluding hydrogens is 276 g/mol. The van der Waals surface area contributed by atoms with E-state index in [-0.39, 0.29) is 0 Å². The molecule has 1 aliphatic rings. The molecule has 2 heterocycles. The third-order valence-corrected chi connectivity index (χ3v) is 3.89. The molecule has 0 spiro atoms. The highest BCUT2D eigenvalue weighted by Crippen LogP contribution is 2.19. The molecule has 0 atom stereocenters. The second-order valence-electron chi connectivity index (χ2n) is 5.45. The molecule has 5 heteroatoms. The lowest BCUT2D eigenvalue weighted by Gasteiger charge is -2.06. The highest BCUT2D eigenvalue weighted by atomic mass is 16.7. The van der Waals surface area contributed by atoms with E-state index in [4.69, 9.17) is 4.84 Å². The number of benzene rings is 2. The van der Waals surface area contributed by atoms with Crippen LogP contribution in [0.4, 0.5) is 0 Å². The van der Waals surface area contributed by atoms with E-state index in [1.807, 2.05) is 42.5 Å². The fraction of sp³-hybridized carbons (Fsp3) is 0.235. The first-order chi connectivity index (χ1) is 10.9. The number of para-hydroxylation sites is 2. The Morgan fingerprint density at radius 2 is 1.77 bits per heavy atom. The van der Waals surface area contributed by atoms with Gasteiger partial charge in [-0.1, -0.05) is 29.1 Å². The lowest BCUT2D eigenvalue weighted by Crippen LogP contribution is -2.12. The summed E-state index contributed by atoms with van der Waals surface area (Å²) >= 11 is 0. The van der Waals surface area contributed by atoms with Crippen LogP contribution >= 0.6 is 0 Å². The topological polar surface area (TPSA) is 42.9 Å². The smallest absolute Gasteiger partial charge is 0.174 e.